The highest BCUT2D eigenvalue weighted by Gasteiger charge is 2.29. The number of hydrogen-bond donors (Lipinski definition) is 1. The van der Waals surface area contributed by atoms with E-state index in [0.717, 1.165) is 42.8 Å². The Hall–Kier alpha value is -0.900. The standard InChI is InChI=1S/C19H34N2O2/c1-16(22)20(14-12-18-8-4-3-5-9-18)21(17(2)23)15-13-19-10-6-7-11-19/h18-19H,3-15H2,1-2H3/p+1. The number of quaternary nitrogens is 1. The quantitative estimate of drug-likeness (QED) is 0.764. The maximum Gasteiger partial charge on any atom is 0.333 e. The van der Waals surface area contributed by atoms with Crippen LogP contribution in [0, 0.1) is 11.8 Å². The molecular formula is C19H35N2O2+. The molecule has 0 aromatic heterocycles. The summed E-state index contributed by atoms with van der Waals surface area (Å²) in [5.41, 5.74) is 0. The second kappa shape index (κ2) is 9.41. The number of rotatable bonds is 6. The lowest BCUT2D eigenvalue weighted by Gasteiger charge is -2.30. The van der Waals surface area contributed by atoms with E-state index in [2.05, 4.69) is 0 Å². The second-order valence-electron chi connectivity index (χ2n) is 7.66. The van der Waals surface area contributed by atoms with E-state index in [1.807, 2.05) is 0 Å². The molecule has 2 fully saturated rings. The maximum absolute atomic E-state index is 12.1. The Morgan fingerprint density at radius 3 is 1.91 bits per heavy atom. The third-order valence-electron chi connectivity index (χ3n) is 5.86. The van der Waals surface area contributed by atoms with Crippen molar-refractivity contribution < 1.29 is 14.6 Å². The molecule has 0 aromatic rings. The van der Waals surface area contributed by atoms with Crippen molar-refractivity contribution in [2.45, 2.75) is 84.5 Å². The summed E-state index contributed by atoms with van der Waals surface area (Å²) in [6.45, 7) is 4.75. The summed E-state index contributed by atoms with van der Waals surface area (Å²) in [5.74, 6) is 1.63. The fraction of sp³-hybridized carbons (Fsp3) is 0.895. The minimum absolute atomic E-state index is 0.0387. The molecule has 2 aliphatic rings. The van der Waals surface area contributed by atoms with Crippen molar-refractivity contribution in [2.75, 3.05) is 13.1 Å². The number of nitrogens with one attached hydrogen (secondary N) is 1. The van der Waals surface area contributed by atoms with Gasteiger partial charge in [-0.25, -0.2) is 4.79 Å². The minimum Gasteiger partial charge on any atom is -0.270 e. The van der Waals surface area contributed by atoms with E-state index in [1.165, 1.54) is 57.8 Å². The molecule has 0 aromatic carbocycles. The molecule has 4 heteroatoms. The average Bonchev–Trinajstić information content (AvgIpc) is 3.04. The van der Waals surface area contributed by atoms with Gasteiger partial charge in [-0.2, -0.15) is 10.0 Å². The van der Waals surface area contributed by atoms with Gasteiger partial charge < -0.3 is 0 Å². The van der Waals surface area contributed by atoms with E-state index in [9.17, 15) is 9.59 Å². The van der Waals surface area contributed by atoms with Crippen molar-refractivity contribution in [3.05, 3.63) is 0 Å². The van der Waals surface area contributed by atoms with Gasteiger partial charge in [0, 0.05) is 13.3 Å². The predicted molar refractivity (Wildman–Crippen MR) is 91.7 cm³/mol. The zero-order valence-corrected chi connectivity index (χ0v) is 15.1. The van der Waals surface area contributed by atoms with Crippen LogP contribution in [-0.4, -0.2) is 29.9 Å². The van der Waals surface area contributed by atoms with Crippen molar-refractivity contribution in [3.63, 3.8) is 0 Å². The topological polar surface area (TPSA) is 41.8 Å². The number of amides is 2. The third-order valence-corrected chi connectivity index (χ3v) is 5.86. The number of nitrogens with zero attached hydrogens (tertiary/aromatic N) is 1. The molecule has 23 heavy (non-hydrogen) atoms. The predicted octanol–water partition coefficient (Wildman–Crippen LogP) is 2.73. The lowest BCUT2D eigenvalue weighted by molar-refractivity contribution is -0.932. The third kappa shape index (κ3) is 5.91. The molecule has 4 nitrogen and oxygen atoms in total. The van der Waals surface area contributed by atoms with Gasteiger partial charge in [0.05, 0.1) is 13.5 Å². The first-order valence-electron chi connectivity index (χ1n) is 9.72. The molecule has 1 unspecified atom stereocenters. The van der Waals surface area contributed by atoms with Crippen molar-refractivity contribution in [3.8, 4) is 0 Å². The van der Waals surface area contributed by atoms with E-state index in [4.69, 9.17) is 0 Å². The molecule has 1 atom stereocenters. The zero-order chi connectivity index (χ0) is 16.7. The van der Waals surface area contributed by atoms with E-state index < -0.39 is 0 Å². The Kier molecular flexibility index (Phi) is 7.54. The summed E-state index contributed by atoms with van der Waals surface area (Å²) in [6.07, 6.45) is 14.0. The van der Waals surface area contributed by atoms with Crippen molar-refractivity contribution in [2.24, 2.45) is 11.8 Å². The van der Waals surface area contributed by atoms with E-state index in [1.54, 1.807) is 18.9 Å². The van der Waals surface area contributed by atoms with Gasteiger partial charge in [0.15, 0.2) is 0 Å². The molecule has 2 rings (SSSR count). The average molecular weight is 324 g/mol. The highest BCUT2D eigenvalue weighted by Crippen LogP contribution is 2.27. The minimum atomic E-state index is 0.0387. The summed E-state index contributed by atoms with van der Waals surface area (Å²) in [7, 11) is 0. The summed E-state index contributed by atoms with van der Waals surface area (Å²) in [5, 5.41) is 2.56. The number of hydrogen-bond acceptors (Lipinski definition) is 2. The van der Waals surface area contributed by atoms with Crippen LogP contribution >= 0.6 is 0 Å². The van der Waals surface area contributed by atoms with E-state index in [0.29, 0.717) is 0 Å². The fourth-order valence-electron chi connectivity index (χ4n) is 4.41. The van der Waals surface area contributed by atoms with Gasteiger partial charge in [-0.15, -0.1) is 0 Å². The fourth-order valence-corrected chi connectivity index (χ4v) is 4.41. The van der Waals surface area contributed by atoms with Crippen molar-refractivity contribution >= 4 is 11.8 Å². The van der Waals surface area contributed by atoms with Crippen LogP contribution in [-0.2, 0) is 9.59 Å². The highest BCUT2D eigenvalue weighted by atomic mass is 16.2. The van der Waals surface area contributed by atoms with Crippen molar-refractivity contribution in [1.82, 2.24) is 5.01 Å². The SMILES string of the molecule is CC(=O)N(CCC1CCCC1)[NH+](CCC1CCCCC1)C(C)=O. The van der Waals surface area contributed by atoms with Crippen molar-refractivity contribution in [1.29, 1.82) is 0 Å². The van der Waals surface area contributed by atoms with Crippen LogP contribution in [0.15, 0.2) is 0 Å². The van der Waals surface area contributed by atoms with Crippen LogP contribution in [0.3, 0.4) is 0 Å². The highest BCUT2D eigenvalue weighted by molar-refractivity contribution is 5.73. The van der Waals surface area contributed by atoms with Crippen LogP contribution in [0.5, 0.6) is 0 Å². The van der Waals surface area contributed by atoms with Crippen LogP contribution < -0.4 is 5.01 Å². The Labute approximate surface area is 141 Å². The second-order valence-corrected chi connectivity index (χ2v) is 7.66. The normalized spacial score (nSPS) is 21.3. The monoisotopic (exact) mass is 323 g/mol. The molecule has 2 aliphatic carbocycles. The molecule has 2 saturated carbocycles. The molecule has 0 bridgehead atoms. The zero-order valence-electron chi connectivity index (χ0n) is 15.1. The largest absolute Gasteiger partial charge is 0.333 e. The van der Waals surface area contributed by atoms with Crippen LogP contribution in [0.4, 0.5) is 0 Å². The molecule has 2 amide bonds. The van der Waals surface area contributed by atoms with Crippen LogP contribution in [0.2, 0.25) is 0 Å². The smallest absolute Gasteiger partial charge is 0.270 e. The Morgan fingerprint density at radius 1 is 0.870 bits per heavy atom. The molecule has 0 heterocycles. The first-order chi connectivity index (χ1) is 11.1. The Morgan fingerprint density at radius 2 is 1.39 bits per heavy atom. The summed E-state index contributed by atoms with van der Waals surface area (Å²) in [6, 6.07) is 0. The molecular weight excluding hydrogens is 288 g/mol. The maximum atomic E-state index is 12.1. The van der Waals surface area contributed by atoms with Gasteiger partial charge >= 0.3 is 5.91 Å². The lowest BCUT2D eigenvalue weighted by atomic mass is 9.87. The first-order valence-corrected chi connectivity index (χ1v) is 9.72. The summed E-state index contributed by atoms with van der Waals surface area (Å²) in [4.78, 5) is 24.2. The molecule has 0 aliphatic heterocycles. The number of carbonyl (C=O) groups is 2. The molecule has 0 saturated heterocycles. The lowest BCUT2D eigenvalue weighted by Crippen LogP contribution is -3.20. The van der Waals surface area contributed by atoms with Gasteiger partial charge in [-0.1, -0.05) is 57.8 Å². The molecule has 0 spiro atoms. The Balaban J connectivity index is 1.87. The van der Waals surface area contributed by atoms with Crippen LogP contribution in [0.25, 0.3) is 0 Å². The van der Waals surface area contributed by atoms with Gasteiger partial charge in [0.25, 0.3) is 5.91 Å². The van der Waals surface area contributed by atoms with E-state index in [-0.39, 0.29) is 11.8 Å². The van der Waals surface area contributed by atoms with Gasteiger partial charge in [0.2, 0.25) is 0 Å². The van der Waals surface area contributed by atoms with Crippen LogP contribution in [0.1, 0.15) is 84.5 Å². The molecule has 132 valence electrons. The summed E-state index contributed by atoms with van der Waals surface area (Å²) >= 11 is 0. The molecule has 1 N–H and O–H groups in total. The van der Waals surface area contributed by atoms with E-state index >= 15 is 0 Å². The summed E-state index contributed by atoms with van der Waals surface area (Å²) < 4.78 is 0. The van der Waals surface area contributed by atoms with Gasteiger partial charge in [0.1, 0.15) is 6.54 Å². The molecule has 0 radical (unpaired) electrons. The Bertz CT molecular complexity index is 385. The van der Waals surface area contributed by atoms with Gasteiger partial charge in [-0.3, -0.25) is 4.79 Å². The van der Waals surface area contributed by atoms with Gasteiger partial charge in [-0.05, 0) is 18.3 Å². The number of carbonyl (C=O) groups excluding carboxylic acids is 2. The first kappa shape index (κ1) is 18.4.